The minimum absolute atomic E-state index is 0.0887. The number of rotatable bonds is 2. The number of aliphatic hydroxyl groups is 1. The summed E-state index contributed by atoms with van der Waals surface area (Å²) in [6.45, 7) is 10.7. The summed E-state index contributed by atoms with van der Waals surface area (Å²) in [7, 11) is 0. The lowest BCUT2D eigenvalue weighted by Gasteiger charge is -2.22. The average molecular weight is 261 g/mol. The molecule has 19 heavy (non-hydrogen) atoms. The summed E-state index contributed by atoms with van der Waals surface area (Å²) in [5, 5.41) is 10.2. The predicted octanol–water partition coefficient (Wildman–Crippen LogP) is 3.11. The van der Waals surface area contributed by atoms with Crippen LogP contribution < -0.4 is 0 Å². The molecule has 104 valence electrons. The van der Waals surface area contributed by atoms with Gasteiger partial charge in [0.25, 0.3) is 0 Å². The number of benzene rings is 1. The lowest BCUT2D eigenvalue weighted by Crippen LogP contribution is -2.25. The van der Waals surface area contributed by atoms with E-state index in [1.54, 1.807) is 13.8 Å². The van der Waals surface area contributed by atoms with Gasteiger partial charge in [-0.1, -0.05) is 39.0 Å². The van der Waals surface area contributed by atoms with Crippen LogP contribution in [0.15, 0.2) is 29.3 Å². The van der Waals surface area contributed by atoms with Gasteiger partial charge in [-0.3, -0.25) is 0 Å². The van der Waals surface area contributed by atoms with Crippen LogP contribution in [0, 0.1) is 5.41 Å². The van der Waals surface area contributed by atoms with E-state index in [1.807, 2.05) is 24.3 Å². The van der Waals surface area contributed by atoms with Crippen LogP contribution in [0.1, 0.15) is 45.7 Å². The van der Waals surface area contributed by atoms with Crippen LogP contribution in [0.25, 0.3) is 0 Å². The molecule has 0 saturated heterocycles. The molecule has 0 radical (unpaired) electrons. The fraction of sp³-hybridized carbons (Fsp3) is 0.562. The first-order valence-electron chi connectivity index (χ1n) is 6.72. The molecule has 1 atom stereocenters. The maximum Gasteiger partial charge on any atom is 0.216 e. The highest BCUT2D eigenvalue weighted by Crippen LogP contribution is 2.30. The van der Waals surface area contributed by atoms with Gasteiger partial charge in [-0.15, -0.1) is 0 Å². The zero-order valence-corrected chi connectivity index (χ0v) is 12.4. The van der Waals surface area contributed by atoms with Crippen LogP contribution in [-0.4, -0.2) is 23.7 Å². The molecule has 1 aliphatic rings. The molecule has 0 bridgehead atoms. The van der Waals surface area contributed by atoms with Crippen LogP contribution in [0.4, 0.5) is 0 Å². The molecule has 1 N–H and O–H groups in total. The molecule has 0 aromatic heterocycles. The molecule has 1 aromatic rings. The van der Waals surface area contributed by atoms with Crippen LogP contribution in [0.3, 0.4) is 0 Å². The Labute approximate surface area is 115 Å². The first-order chi connectivity index (χ1) is 8.69. The highest BCUT2D eigenvalue weighted by molar-refractivity contribution is 5.96. The Bertz CT molecular complexity index is 492. The van der Waals surface area contributed by atoms with Crippen LogP contribution in [-0.2, 0) is 10.3 Å². The summed E-state index contributed by atoms with van der Waals surface area (Å²) in [5.74, 6) is 0.651. The molecule has 2 rings (SSSR count). The molecule has 0 spiro atoms. The Morgan fingerprint density at radius 3 is 2.32 bits per heavy atom. The molecule has 0 fully saturated rings. The lowest BCUT2D eigenvalue weighted by atomic mass is 9.88. The van der Waals surface area contributed by atoms with E-state index in [0.717, 1.165) is 11.1 Å². The number of aliphatic imine (C=N–C) groups is 1. The smallest absolute Gasteiger partial charge is 0.216 e. The van der Waals surface area contributed by atoms with Gasteiger partial charge in [0.15, 0.2) is 0 Å². The summed E-state index contributed by atoms with van der Waals surface area (Å²) >= 11 is 0. The van der Waals surface area contributed by atoms with Crippen molar-refractivity contribution in [1.82, 2.24) is 0 Å². The van der Waals surface area contributed by atoms with Crippen molar-refractivity contribution in [2.45, 2.75) is 46.3 Å². The van der Waals surface area contributed by atoms with Gasteiger partial charge < -0.3 is 9.84 Å². The Morgan fingerprint density at radius 1 is 1.16 bits per heavy atom. The predicted molar refractivity (Wildman–Crippen MR) is 77.4 cm³/mol. The molecule has 0 saturated carbocycles. The molecule has 0 aliphatic carbocycles. The van der Waals surface area contributed by atoms with Gasteiger partial charge in [-0.05, 0) is 30.9 Å². The average Bonchev–Trinajstić information content (AvgIpc) is 2.76. The summed E-state index contributed by atoms with van der Waals surface area (Å²) < 4.78 is 5.75. The first-order valence-corrected chi connectivity index (χ1v) is 6.72. The minimum Gasteiger partial charge on any atom is -0.475 e. The van der Waals surface area contributed by atoms with E-state index >= 15 is 0 Å². The molecular formula is C16H23NO2. The van der Waals surface area contributed by atoms with E-state index in [9.17, 15) is 5.11 Å². The largest absolute Gasteiger partial charge is 0.475 e. The maximum absolute atomic E-state index is 10.2. The Hall–Kier alpha value is -1.35. The van der Waals surface area contributed by atoms with Crippen molar-refractivity contribution < 1.29 is 9.84 Å². The SMILES string of the molecule is CC(C)(O)c1ccccc1C1=N[C@@H](C(C)(C)C)CO1. The van der Waals surface area contributed by atoms with Crippen LogP contribution >= 0.6 is 0 Å². The molecule has 1 heterocycles. The van der Waals surface area contributed by atoms with E-state index in [0.29, 0.717) is 12.5 Å². The second-order valence-corrected chi connectivity index (χ2v) is 6.73. The standard InChI is InChI=1S/C16H23NO2/c1-15(2,3)13-10-19-14(17-13)11-8-6-7-9-12(11)16(4,5)18/h6-9,13,18H,10H2,1-5H3/t13-/m1/s1. The van der Waals surface area contributed by atoms with Crippen molar-refractivity contribution in [3.8, 4) is 0 Å². The van der Waals surface area contributed by atoms with Gasteiger partial charge in [-0.2, -0.15) is 0 Å². The fourth-order valence-corrected chi connectivity index (χ4v) is 2.17. The van der Waals surface area contributed by atoms with Crippen molar-refractivity contribution >= 4 is 5.90 Å². The van der Waals surface area contributed by atoms with E-state index in [4.69, 9.17) is 4.74 Å². The van der Waals surface area contributed by atoms with Gasteiger partial charge in [-0.25, -0.2) is 4.99 Å². The van der Waals surface area contributed by atoms with Crippen molar-refractivity contribution in [2.24, 2.45) is 10.4 Å². The number of nitrogens with zero attached hydrogens (tertiary/aromatic N) is 1. The third-order valence-electron chi connectivity index (χ3n) is 3.47. The quantitative estimate of drug-likeness (QED) is 0.888. The minimum atomic E-state index is -0.901. The summed E-state index contributed by atoms with van der Waals surface area (Å²) in [6, 6.07) is 7.91. The molecule has 0 unspecified atom stereocenters. The van der Waals surface area contributed by atoms with Crippen molar-refractivity contribution in [2.75, 3.05) is 6.61 Å². The van der Waals surface area contributed by atoms with Gasteiger partial charge in [0.2, 0.25) is 5.90 Å². The monoisotopic (exact) mass is 261 g/mol. The van der Waals surface area contributed by atoms with E-state index in [1.165, 1.54) is 0 Å². The fourth-order valence-electron chi connectivity index (χ4n) is 2.17. The highest BCUT2D eigenvalue weighted by atomic mass is 16.5. The Balaban J connectivity index is 2.40. The third kappa shape index (κ3) is 2.98. The molecule has 3 heteroatoms. The van der Waals surface area contributed by atoms with E-state index < -0.39 is 5.60 Å². The normalized spacial score (nSPS) is 20.1. The Kier molecular flexibility index (Phi) is 3.43. The van der Waals surface area contributed by atoms with Gasteiger partial charge >= 0.3 is 0 Å². The zero-order chi connectivity index (χ0) is 14.3. The molecule has 1 aromatic carbocycles. The molecular weight excluding hydrogens is 238 g/mol. The van der Waals surface area contributed by atoms with Crippen LogP contribution in [0.2, 0.25) is 0 Å². The summed E-state index contributed by atoms with van der Waals surface area (Å²) in [5.41, 5.74) is 0.929. The number of hydrogen-bond donors (Lipinski definition) is 1. The zero-order valence-electron chi connectivity index (χ0n) is 12.4. The first kappa shape index (κ1) is 14.1. The molecule has 1 aliphatic heterocycles. The highest BCUT2D eigenvalue weighted by Gasteiger charge is 2.32. The van der Waals surface area contributed by atoms with Crippen LogP contribution in [0.5, 0.6) is 0 Å². The van der Waals surface area contributed by atoms with Crippen molar-refractivity contribution in [3.63, 3.8) is 0 Å². The topological polar surface area (TPSA) is 41.8 Å². The van der Waals surface area contributed by atoms with Crippen molar-refractivity contribution in [1.29, 1.82) is 0 Å². The second-order valence-electron chi connectivity index (χ2n) is 6.73. The van der Waals surface area contributed by atoms with Crippen molar-refractivity contribution in [3.05, 3.63) is 35.4 Å². The third-order valence-corrected chi connectivity index (χ3v) is 3.47. The van der Waals surface area contributed by atoms with Gasteiger partial charge in [0.1, 0.15) is 6.61 Å². The van der Waals surface area contributed by atoms with E-state index in [2.05, 4.69) is 25.8 Å². The molecule has 0 amide bonds. The summed E-state index contributed by atoms with van der Waals surface area (Å²) in [6.07, 6.45) is 0. The van der Waals surface area contributed by atoms with E-state index in [-0.39, 0.29) is 11.5 Å². The Morgan fingerprint density at radius 2 is 1.79 bits per heavy atom. The molecule has 3 nitrogen and oxygen atoms in total. The summed E-state index contributed by atoms with van der Waals surface area (Å²) in [4.78, 5) is 4.69. The number of ether oxygens (including phenoxy) is 1. The number of hydrogen-bond acceptors (Lipinski definition) is 3. The van der Waals surface area contributed by atoms with Gasteiger partial charge in [0.05, 0.1) is 11.6 Å². The lowest BCUT2D eigenvalue weighted by molar-refractivity contribution is 0.0781. The second kappa shape index (κ2) is 4.64. The van der Waals surface area contributed by atoms with Gasteiger partial charge in [0, 0.05) is 5.56 Å². The maximum atomic E-state index is 10.2.